The maximum absolute atomic E-state index is 12.0. The Bertz CT molecular complexity index is 680. The van der Waals surface area contributed by atoms with Crippen molar-refractivity contribution >= 4 is 11.8 Å². The fourth-order valence-electron chi connectivity index (χ4n) is 2.10. The van der Waals surface area contributed by atoms with E-state index in [9.17, 15) is 9.59 Å². The summed E-state index contributed by atoms with van der Waals surface area (Å²) in [5.41, 5.74) is 0.280. The Balaban J connectivity index is 1.46. The quantitative estimate of drug-likeness (QED) is 0.814. The molecule has 0 bridgehead atoms. The second-order valence-corrected chi connectivity index (χ2v) is 4.93. The van der Waals surface area contributed by atoms with Gasteiger partial charge in [0.1, 0.15) is 5.69 Å². The first kappa shape index (κ1) is 14.1. The van der Waals surface area contributed by atoms with Crippen LogP contribution in [0.3, 0.4) is 0 Å². The van der Waals surface area contributed by atoms with E-state index in [2.05, 4.69) is 25.5 Å². The van der Waals surface area contributed by atoms with Crippen molar-refractivity contribution < 1.29 is 14.0 Å². The molecule has 0 unspecified atom stereocenters. The second-order valence-electron chi connectivity index (χ2n) is 4.93. The molecule has 22 heavy (non-hydrogen) atoms. The van der Waals surface area contributed by atoms with Gasteiger partial charge in [0.2, 0.25) is 17.7 Å². The zero-order valence-electron chi connectivity index (χ0n) is 11.9. The van der Waals surface area contributed by atoms with E-state index in [4.69, 9.17) is 4.42 Å². The van der Waals surface area contributed by atoms with Gasteiger partial charge < -0.3 is 14.6 Å². The highest BCUT2D eigenvalue weighted by Gasteiger charge is 2.36. The standard InChI is InChI=1S/C13H14N6O3/c1-8-17-18-11(22-8)5-16-12(20)9-6-19(7-9)13(21)10-4-14-2-3-15-10/h2-4,9H,5-7H2,1H3,(H,16,20). The van der Waals surface area contributed by atoms with E-state index < -0.39 is 0 Å². The fraction of sp³-hybridized carbons (Fsp3) is 0.385. The Morgan fingerprint density at radius 1 is 1.36 bits per heavy atom. The van der Waals surface area contributed by atoms with Crippen molar-refractivity contribution in [2.45, 2.75) is 13.5 Å². The summed E-state index contributed by atoms with van der Waals surface area (Å²) in [5.74, 6) is 0.222. The Morgan fingerprint density at radius 3 is 2.82 bits per heavy atom. The molecule has 114 valence electrons. The third-order valence-corrected chi connectivity index (χ3v) is 3.30. The summed E-state index contributed by atoms with van der Waals surface area (Å²) in [6, 6.07) is 0. The summed E-state index contributed by atoms with van der Waals surface area (Å²) in [6.45, 7) is 2.60. The van der Waals surface area contributed by atoms with Gasteiger partial charge in [0.05, 0.1) is 18.7 Å². The highest BCUT2D eigenvalue weighted by Crippen LogP contribution is 2.18. The number of amides is 2. The number of rotatable bonds is 4. The number of likely N-dealkylation sites (tertiary alicyclic amines) is 1. The topological polar surface area (TPSA) is 114 Å². The predicted octanol–water partition coefficient (Wildman–Crippen LogP) is -0.444. The molecule has 0 saturated carbocycles. The highest BCUT2D eigenvalue weighted by atomic mass is 16.4. The van der Waals surface area contributed by atoms with Crippen molar-refractivity contribution in [3.63, 3.8) is 0 Å². The first-order chi connectivity index (χ1) is 10.6. The zero-order chi connectivity index (χ0) is 15.5. The molecule has 3 rings (SSSR count). The van der Waals surface area contributed by atoms with Crippen molar-refractivity contribution in [1.82, 2.24) is 30.4 Å². The minimum absolute atomic E-state index is 0.140. The molecule has 1 aliphatic rings. The normalized spacial score (nSPS) is 14.5. The van der Waals surface area contributed by atoms with Crippen molar-refractivity contribution in [1.29, 1.82) is 0 Å². The minimum Gasteiger partial charge on any atom is -0.424 e. The van der Waals surface area contributed by atoms with Gasteiger partial charge in [-0.3, -0.25) is 14.6 Å². The van der Waals surface area contributed by atoms with Gasteiger partial charge in [0.15, 0.2) is 0 Å². The van der Waals surface area contributed by atoms with E-state index in [-0.39, 0.29) is 30.0 Å². The maximum Gasteiger partial charge on any atom is 0.274 e. The number of nitrogens with one attached hydrogen (secondary N) is 1. The Morgan fingerprint density at radius 2 is 2.18 bits per heavy atom. The monoisotopic (exact) mass is 302 g/mol. The molecule has 9 heteroatoms. The van der Waals surface area contributed by atoms with Crippen molar-refractivity contribution in [3.8, 4) is 0 Å². The lowest BCUT2D eigenvalue weighted by Gasteiger charge is -2.37. The number of aromatic nitrogens is 4. The average molecular weight is 302 g/mol. The van der Waals surface area contributed by atoms with Crippen LogP contribution in [0.5, 0.6) is 0 Å². The summed E-state index contributed by atoms with van der Waals surface area (Å²) < 4.78 is 5.17. The summed E-state index contributed by atoms with van der Waals surface area (Å²) in [4.78, 5) is 33.3. The molecule has 0 radical (unpaired) electrons. The molecule has 3 heterocycles. The van der Waals surface area contributed by atoms with Crippen LogP contribution >= 0.6 is 0 Å². The van der Waals surface area contributed by atoms with Crippen LogP contribution in [0, 0.1) is 12.8 Å². The molecule has 2 amide bonds. The van der Waals surface area contributed by atoms with Crippen LogP contribution in [0.1, 0.15) is 22.3 Å². The number of nitrogens with zero attached hydrogens (tertiary/aromatic N) is 5. The van der Waals surface area contributed by atoms with E-state index in [0.29, 0.717) is 24.9 Å². The molecule has 1 aliphatic heterocycles. The summed E-state index contributed by atoms with van der Waals surface area (Å²) in [6.07, 6.45) is 4.37. The SMILES string of the molecule is Cc1nnc(CNC(=O)C2CN(C(=O)c3cnccn3)C2)o1. The molecule has 2 aromatic heterocycles. The first-order valence-corrected chi connectivity index (χ1v) is 6.75. The molecule has 9 nitrogen and oxygen atoms in total. The van der Waals surface area contributed by atoms with Gasteiger partial charge in [-0.05, 0) is 0 Å². The van der Waals surface area contributed by atoms with Crippen molar-refractivity contribution in [3.05, 3.63) is 36.1 Å². The molecular formula is C13H14N6O3. The molecule has 0 atom stereocenters. The Labute approximate surface area is 125 Å². The third kappa shape index (κ3) is 2.92. The number of carbonyl (C=O) groups excluding carboxylic acids is 2. The van der Waals surface area contributed by atoms with Crippen molar-refractivity contribution in [2.75, 3.05) is 13.1 Å². The molecule has 1 N–H and O–H groups in total. The summed E-state index contributed by atoms with van der Waals surface area (Å²) in [7, 11) is 0. The van der Waals surface area contributed by atoms with E-state index in [1.807, 2.05) is 0 Å². The van der Waals surface area contributed by atoms with Gasteiger partial charge in [0.25, 0.3) is 5.91 Å². The third-order valence-electron chi connectivity index (χ3n) is 3.30. The van der Waals surface area contributed by atoms with Crippen LogP contribution in [-0.4, -0.2) is 50.0 Å². The van der Waals surface area contributed by atoms with Gasteiger partial charge in [0, 0.05) is 32.4 Å². The minimum atomic E-state index is -0.232. The molecule has 0 spiro atoms. The summed E-state index contributed by atoms with van der Waals surface area (Å²) in [5, 5.41) is 10.2. The number of hydrogen-bond donors (Lipinski definition) is 1. The van der Waals surface area contributed by atoms with Crippen molar-refractivity contribution in [2.24, 2.45) is 5.92 Å². The molecule has 1 saturated heterocycles. The average Bonchev–Trinajstić information content (AvgIpc) is 2.90. The van der Waals surface area contributed by atoms with Crippen LogP contribution in [0.2, 0.25) is 0 Å². The van der Waals surface area contributed by atoms with E-state index in [1.54, 1.807) is 11.8 Å². The van der Waals surface area contributed by atoms with Gasteiger partial charge in [-0.25, -0.2) is 4.98 Å². The molecule has 2 aromatic rings. The highest BCUT2D eigenvalue weighted by molar-refractivity contribution is 5.94. The van der Waals surface area contributed by atoms with E-state index in [0.717, 1.165) is 0 Å². The smallest absolute Gasteiger partial charge is 0.274 e. The number of aryl methyl sites for hydroxylation is 1. The first-order valence-electron chi connectivity index (χ1n) is 6.75. The lowest BCUT2D eigenvalue weighted by Crippen LogP contribution is -2.55. The van der Waals surface area contributed by atoms with Gasteiger partial charge in [-0.2, -0.15) is 0 Å². The summed E-state index contributed by atoms with van der Waals surface area (Å²) >= 11 is 0. The second kappa shape index (κ2) is 5.88. The fourth-order valence-corrected chi connectivity index (χ4v) is 2.10. The Hall–Kier alpha value is -2.84. The number of hydrogen-bond acceptors (Lipinski definition) is 7. The van der Waals surface area contributed by atoms with Gasteiger partial charge in [-0.1, -0.05) is 0 Å². The van der Waals surface area contributed by atoms with E-state index >= 15 is 0 Å². The van der Waals surface area contributed by atoms with Gasteiger partial charge in [-0.15, -0.1) is 10.2 Å². The van der Waals surface area contributed by atoms with Gasteiger partial charge >= 0.3 is 0 Å². The van der Waals surface area contributed by atoms with Crippen LogP contribution < -0.4 is 5.32 Å². The largest absolute Gasteiger partial charge is 0.424 e. The van der Waals surface area contributed by atoms with Crippen LogP contribution in [-0.2, 0) is 11.3 Å². The lowest BCUT2D eigenvalue weighted by atomic mass is 9.98. The zero-order valence-corrected chi connectivity index (χ0v) is 11.9. The molecule has 0 aromatic carbocycles. The molecule has 0 aliphatic carbocycles. The van der Waals surface area contributed by atoms with Crippen LogP contribution in [0.4, 0.5) is 0 Å². The van der Waals surface area contributed by atoms with Crippen LogP contribution in [0.25, 0.3) is 0 Å². The lowest BCUT2D eigenvalue weighted by molar-refractivity contribution is -0.129. The predicted molar refractivity (Wildman–Crippen MR) is 72.3 cm³/mol. The van der Waals surface area contributed by atoms with E-state index in [1.165, 1.54) is 18.6 Å². The molecular weight excluding hydrogens is 288 g/mol. The number of carbonyl (C=O) groups is 2. The Kier molecular flexibility index (Phi) is 3.77. The van der Waals surface area contributed by atoms with Crippen LogP contribution in [0.15, 0.2) is 23.0 Å². The maximum atomic E-state index is 12.0. The molecule has 1 fully saturated rings.